The van der Waals surface area contributed by atoms with Gasteiger partial charge in [-0.2, -0.15) is 4.98 Å². The second-order valence-electron chi connectivity index (χ2n) is 6.05. The van der Waals surface area contributed by atoms with Crippen LogP contribution in [0.15, 0.2) is 53.1 Å². The molecule has 158 valence electrons. The van der Waals surface area contributed by atoms with Crippen LogP contribution < -0.4 is 15.6 Å². The fraction of sp³-hybridized carbons (Fsp3) is 0.300. The Balaban J connectivity index is 2.09. The zero-order chi connectivity index (χ0) is 21.5. The molecule has 3 rings (SSSR count). The lowest BCUT2D eigenvalue weighted by molar-refractivity contribution is -0.0915. The van der Waals surface area contributed by atoms with Gasteiger partial charge < -0.3 is 19.5 Å². The molecule has 0 saturated carbocycles. The third-order valence-electron chi connectivity index (χ3n) is 4.20. The van der Waals surface area contributed by atoms with Gasteiger partial charge in [-0.3, -0.25) is 4.79 Å². The first-order chi connectivity index (χ1) is 14.6. The van der Waals surface area contributed by atoms with E-state index >= 15 is 0 Å². The van der Waals surface area contributed by atoms with Crippen molar-refractivity contribution in [2.45, 2.75) is 11.4 Å². The Hall–Kier alpha value is -2.95. The summed E-state index contributed by atoms with van der Waals surface area (Å²) in [6.45, 7) is 4.31. The third kappa shape index (κ3) is 4.78. The highest BCUT2D eigenvalue weighted by Crippen LogP contribution is 2.20. The van der Waals surface area contributed by atoms with Crippen molar-refractivity contribution in [2.24, 2.45) is 0 Å². The number of anilines is 1. The number of ether oxygens (including phenoxy) is 3. The molecule has 0 bridgehead atoms. The van der Waals surface area contributed by atoms with Crippen LogP contribution >= 0.6 is 11.8 Å². The van der Waals surface area contributed by atoms with Gasteiger partial charge in [0.15, 0.2) is 17.1 Å². The molecule has 0 aliphatic heterocycles. The van der Waals surface area contributed by atoms with E-state index < -0.39 is 6.29 Å². The van der Waals surface area contributed by atoms with Gasteiger partial charge in [-0.1, -0.05) is 24.4 Å². The Morgan fingerprint density at radius 3 is 2.60 bits per heavy atom. The summed E-state index contributed by atoms with van der Waals surface area (Å²) in [4.78, 5) is 26.4. The summed E-state index contributed by atoms with van der Waals surface area (Å²) in [6.07, 6.45) is 4.52. The summed E-state index contributed by atoms with van der Waals surface area (Å²) < 4.78 is 17.4. The van der Waals surface area contributed by atoms with Crippen molar-refractivity contribution in [3.8, 4) is 11.4 Å². The zero-order valence-corrected chi connectivity index (χ0v) is 17.8. The number of rotatable bonds is 10. The normalized spacial score (nSPS) is 11.1. The van der Waals surface area contributed by atoms with Crippen molar-refractivity contribution >= 4 is 28.7 Å². The molecule has 0 unspecified atom stereocenters. The number of fused-ring (bicyclic) bond motifs is 1. The van der Waals surface area contributed by atoms with Crippen molar-refractivity contribution in [1.82, 2.24) is 19.5 Å². The predicted octanol–water partition coefficient (Wildman–Crippen LogP) is 2.49. The van der Waals surface area contributed by atoms with Crippen LogP contribution in [0.2, 0.25) is 0 Å². The van der Waals surface area contributed by atoms with E-state index in [4.69, 9.17) is 14.2 Å². The molecule has 1 N–H and O–H groups in total. The minimum atomic E-state index is -0.507. The third-order valence-corrected chi connectivity index (χ3v) is 4.76. The molecule has 30 heavy (non-hydrogen) atoms. The Morgan fingerprint density at radius 2 is 1.97 bits per heavy atom. The average molecular weight is 430 g/mol. The van der Waals surface area contributed by atoms with E-state index in [1.54, 1.807) is 30.3 Å². The number of hydrogen-bond donors (Lipinski definition) is 1. The minimum Gasteiger partial charge on any atom is -0.490 e. The van der Waals surface area contributed by atoms with E-state index in [1.807, 2.05) is 6.26 Å². The number of methoxy groups -OCH3 is 2. The molecule has 2 heterocycles. The summed E-state index contributed by atoms with van der Waals surface area (Å²) in [5, 5.41) is 3.98. The van der Waals surface area contributed by atoms with Gasteiger partial charge in [0.2, 0.25) is 5.95 Å². The van der Waals surface area contributed by atoms with Crippen molar-refractivity contribution in [3.63, 3.8) is 0 Å². The molecule has 0 aliphatic rings. The number of benzene rings is 1. The molecular formula is C20H23N5O4S. The molecule has 0 radical (unpaired) electrons. The second kappa shape index (κ2) is 10.2. The van der Waals surface area contributed by atoms with Gasteiger partial charge in [-0.05, 0) is 30.5 Å². The minimum absolute atomic E-state index is 0.284. The topological polar surface area (TPSA) is 100 Å². The Bertz CT molecular complexity index is 1070. The maximum absolute atomic E-state index is 13.3. The first-order valence-corrected chi connectivity index (χ1v) is 10.3. The second-order valence-corrected chi connectivity index (χ2v) is 6.82. The molecule has 2 aromatic heterocycles. The van der Waals surface area contributed by atoms with Gasteiger partial charge in [-0.25, -0.2) is 14.5 Å². The van der Waals surface area contributed by atoms with Crippen LogP contribution in [0, 0.1) is 0 Å². The fourth-order valence-corrected chi connectivity index (χ4v) is 3.04. The number of nitrogens with one attached hydrogen (secondary N) is 1. The van der Waals surface area contributed by atoms with Crippen molar-refractivity contribution in [2.75, 3.05) is 38.9 Å². The fourth-order valence-electron chi connectivity index (χ4n) is 2.70. The monoisotopic (exact) mass is 429 g/mol. The highest BCUT2D eigenvalue weighted by molar-refractivity contribution is 7.98. The molecule has 9 nitrogen and oxygen atoms in total. The van der Waals surface area contributed by atoms with E-state index in [0.29, 0.717) is 40.2 Å². The molecule has 1 aromatic carbocycles. The molecule has 0 fully saturated rings. The lowest BCUT2D eigenvalue weighted by Gasteiger charge is -2.18. The van der Waals surface area contributed by atoms with Crippen LogP contribution in [0.1, 0.15) is 0 Å². The standard InChI is InChI=1S/C20H23N5O4S/c1-5-10-29-14-8-6-13(7-9-14)25-18(26)15-11-22-20(30-4)24-17(15)23-19(25)21-12-16(27-2)28-3/h5-9,11,16H,1,10,12H2,2-4H3,(H,21,22,23,24). The first kappa shape index (κ1) is 21.8. The van der Waals surface area contributed by atoms with E-state index in [-0.39, 0.29) is 12.1 Å². The molecule has 3 aromatic rings. The summed E-state index contributed by atoms with van der Waals surface area (Å²) in [6, 6.07) is 7.11. The molecule has 0 saturated heterocycles. The lowest BCUT2D eigenvalue weighted by atomic mass is 10.3. The van der Waals surface area contributed by atoms with Crippen LogP contribution in [0.5, 0.6) is 5.75 Å². The molecule has 10 heteroatoms. The maximum Gasteiger partial charge on any atom is 0.270 e. The van der Waals surface area contributed by atoms with E-state index in [2.05, 4.69) is 26.8 Å². The van der Waals surface area contributed by atoms with Gasteiger partial charge in [0.25, 0.3) is 5.56 Å². The van der Waals surface area contributed by atoms with Gasteiger partial charge in [-0.15, -0.1) is 0 Å². The van der Waals surface area contributed by atoms with Crippen LogP contribution in [-0.2, 0) is 9.47 Å². The zero-order valence-electron chi connectivity index (χ0n) is 17.0. The smallest absolute Gasteiger partial charge is 0.270 e. The highest BCUT2D eigenvalue weighted by Gasteiger charge is 2.16. The average Bonchev–Trinajstić information content (AvgIpc) is 2.78. The highest BCUT2D eigenvalue weighted by atomic mass is 32.2. The summed E-state index contributed by atoms with van der Waals surface area (Å²) >= 11 is 1.38. The van der Waals surface area contributed by atoms with Crippen molar-refractivity contribution in [3.05, 3.63) is 53.5 Å². The number of nitrogens with zero attached hydrogens (tertiary/aromatic N) is 4. The Kier molecular flexibility index (Phi) is 7.39. The van der Waals surface area contributed by atoms with E-state index in [9.17, 15) is 4.79 Å². The van der Waals surface area contributed by atoms with Crippen molar-refractivity contribution < 1.29 is 14.2 Å². The molecular weight excluding hydrogens is 406 g/mol. The maximum atomic E-state index is 13.3. The molecule has 0 atom stereocenters. The van der Waals surface area contributed by atoms with Crippen LogP contribution in [0.4, 0.5) is 5.95 Å². The first-order valence-electron chi connectivity index (χ1n) is 9.08. The molecule has 0 aliphatic carbocycles. The number of thioether (sulfide) groups is 1. The summed E-state index contributed by atoms with van der Waals surface area (Å²) in [5.41, 5.74) is 0.639. The van der Waals surface area contributed by atoms with E-state index in [0.717, 1.165) is 0 Å². The van der Waals surface area contributed by atoms with Crippen molar-refractivity contribution in [1.29, 1.82) is 0 Å². The van der Waals surface area contributed by atoms with Crippen LogP contribution in [-0.4, -0.2) is 59.4 Å². The summed E-state index contributed by atoms with van der Waals surface area (Å²) in [7, 11) is 3.08. The molecule has 0 amide bonds. The van der Waals surface area contributed by atoms with Gasteiger partial charge in [0.1, 0.15) is 17.7 Å². The van der Waals surface area contributed by atoms with Gasteiger partial charge in [0, 0.05) is 20.4 Å². The largest absolute Gasteiger partial charge is 0.490 e. The van der Waals surface area contributed by atoms with E-state index in [1.165, 1.54) is 36.7 Å². The summed E-state index contributed by atoms with van der Waals surface area (Å²) in [5.74, 6) is 0.985. The number of aromatic nitrogens is 4. The lowest BCUT2D eigenvalue weighted by Crippen LogP contribution is -2.29. The molecule has 0 spiro atoms. The van der Waals surface area contributed by atoms with Gasteiger partial charge >= 0.3 is 0 Å². The Morgan fingerprint density at radius 1 is 1.23 bits per heavy atom. The quantitative estimate of drug-likeness (QED) is 0.225. The van der Waals surface area contributed by atoms with Gasteiger partial charge in [0.05, 0.1) is 12.2 Å². The number of hydrogen-bond acceptors (Lipinski definition) is 9. The van der Waals surface area contributed by atoms with Crippen LogP contribution in [0.25, 0.3) is 16.7 Å². The predicted molar refractivity (Wildman–Crippen MR) is 117 cm³/mol. The Labute approximate surface area is 178 Å². The van der Waals surface area contributed by atoms with Crippen LogP contribution in [0.3, 0.4) is 0 Å². The SMILES string of the molecule is C=CCOc1ccc(-n2c(NCC(OC)OC)nc3nc(SC)ncc3c2=O)cc1.